The Bertz CT molecular complexity index is 1460. The van der Waals surface area contributed by atoms with E-state index in [1.54, 1.807) is 0 Å². The van der Waals surface area contributed by atoms with Gasteiger partial charge in [-0.05, 0) is 25.1 Å². The number of hydrogen-bond donors (Lipinski definition) is 2. The molecule has 9 nitrogen and oxygen atoms in total. The van der Waals surface area contributed by atoms with Gasteiger partial charge in [-0.2, -0.15) is 18.4 Å². The minimum atomic E-state index is -4.79. The lowest BCUT2D eigenvalue weighted by molar-refractivity contribution is -0.137. The SMILES string of the molecule is Cc1c(N2CC(F)(C#N)C2)nc2c(CNc3ccc(Cl)nc3C(=O)O)cc(C(F)(F)F)cn2c1=O. The van der Waals surface area contributed by atoms with Gasteiger partial charge >= 0.3 is 12.1 Å². The number of carboxylic acids is 1. The Kier molecular flexibility index (Phi) is 5.80. The molecule has 0 aromatic carbocycles. The molecule has 0 radical (unpaired) electrons. The van der Waals surface area contributed by atoms with Gasteiger partial charge in [0.25, 0.3) is 5.56 Å². The maximum absolute atomic E-state index is 14.1. The highest BCUT2D eigenvalue weighted by atomic mass is 35.5. The second-order valence-corrected chi connectivity index (χ2v) is 8.32. The molecule has 4 heterocycles. The topological polar surface area (TPSA) is 124 Å². The van der Waals surface area contributed by atoms with Crippen molar-refractivity contribution in [2.75, 3.05) is 23.3 Å². The van der Waals surface area contributed by atoms with Gasteiger partial charge in [0.15, 0.2) is 5.69 Å². The Balaban J connectivity index is 1.83. The Morgan fingerprint density at radius 3 is 2.63 bits per heavy atom. The van der Waals surface area contributed by atoms with Crippen molar-refractivity contribution in [3.8, 4) is 6.07 Å². The molecule has 2 N–H and O–H groups in total. The molecule has 182 valence electrons. The number of nitriles is 1. The largest absolute Gasteiger partial charge is 0.476 e. The van der Waals surface area contributed by atoms with E-state index in [0.29, 0.717) is 6.20 Å². The highest BCUT2D eigenvalue weighted by molar-refractivity contribution is 6.29. The van der Waals surface area contributed by atoms with Gasteiger partial charge in [-0.15, -0.1) is 0 Å². The van der Waals surface area contributed by atoms with Crippen LogP contribution in [0.3, 0.4) is 0 Å². The molecule has 0 spiro atoms. The first-order valence-electron chi connectivity index (χ1n) is 9.95. The third kappa shape index (κ3) is 4.44. The van der Waals surface area contributed by atoms with Crippen LogP contribution in [0.15, 0.2) is 29.2 Å². The first-order valence-corrected chi connectivity index (χ1v) is 10.3. The van der Waals surface area contributed by atoms with E-state index in [1.807, 2.05) is 0 Å². The Hall–Kier alpha value is -3.92. The summed E-state index contributed by atoms with van der Waals surface area (Å²) >= 11 is 5.73. The zero-order chi connectivity index (χ0) is 25.7. The fourth-order valence-corrected chi connectivity index (χ4v) is 3.84. The molecule has 14 heteroatoms. The van der Waals surface area contributed by atoms with Crippen molar-refractivity contribution in [1.29, 1.82) is 5.26 Å². The van der Waals surface area contributed by atoms with Crippen molar-refractivity contribution in [2.45, 2.75) is 25.3 Å². The van der Waals surface area contributed by atoms with Gasteiger partial charge in [-0.3, -0.25) is 9.20 Å². The van der Waals surface area contributed by atoms with Crippen LogP contribution in [-0.2, 0) is 12.7 Å². The molecular formula is C21H15ClF4N6O3. The molecule has 1 saturated heterocycles. The van der Waals surface area contributed by atoms with Crippen molar-refractivity contribution in [1.82, 2.24) is 14.4 Å². The van der Waals surface area contributed by atoms with Crippen molar-refractivity contribution < 1.29 is 27.5 Å². The van der Waals surface area contributed by atoms with E-state index in [0.717, 1.165) is 10.5 Å². The Morgan fingerprint density at radius 1 is 1.34 bits per heavy atom. The summed E-state index contributed by atoms with van der Waals surface area (Å²) in [5.74, 6) is -1.37. The lowest BCUT2D eigenvalue weighted by Crippen LogP contribution is -2.59. The average molecular weight is 511 g/mol. The fraction of sp³-hybridized carbons (Fsp3) is 0.286. The van der Waals surface area contributed by atoms with Crippen LogP contribution in [0.1, 0.15) is 27.2 Å². The third-order valence-corrected chi connectivity index (χ3v) is 5.65. The highest BCUT2D eigenvalue weighted by Crippen LogP contribution is 2.33. The fourth-order valence-electron chi connectivity index (χ4n) is 3.69. The molecule has 1 aliphatic rings. The van der Waals surface area contributed by atoms with E-state index in [4.69, 9.17) is 16.9 Å². The van der Waals surface area contributed by atoms with Crippen LogP contribution in [-0.4, -0.2) is 44.2 Å². The summed E-state index contributed by atoms with van der Waals surface area (Å²) in [5.41, 5.74) is -4.76. The summed E-state index contributed by atoms with van der Waals surface area (Å²) in [4.78, 5) is 33.8. The molecule has 4 rings (SSSR count). The first-order chi connectivity index (χ1) is 16.3. The number of carboxylic acid groups (broad SMARTS) is 1. The lowest BCUT2D eigenvalue weighted by Gasteiger charge is -2.41. The monoisotopic (exact) mass is 510 g/mol. The van der Waals surface area contributed by atoms with Gasteiger partial charge in [-0.1, -0.05) is 11.6 Å². The number of nitrogens with zero attached hydrogens (tertiary/aromatic N) is 5. The first kappa shape index (κ1) is 24.2. The average Bonchev–Trinajstić information content (AvgIpc) is 2.77. The van der Waals surface area contributed by atoms with Crippen molar-refractivity contribution in [2.24, 2.45) is 0 Å². The lowest BCUT2D eigenvalue weighted by atomic mass is 9.98. The number of nitrogens with one attached hydrogen (secondary N) is 1. The van der Waals surface area contributed by atoms with Crippen LogP contribution in [0.25, 0.3) is 5.65 Å². The molecule has 0 bridgehead atoms. The summed E-state index contributed by atoms with van der Waals surface area (Å²) < 4.78 is 55.5. The highest BCUT2D eigenvalue weighted by Gasteiger charge is 2.45. The molecule has 35 heavy (non-hydrogen) atoms. The predicted octanol–water partition coefficient (Wildman–Crippen LogP) is 3.43. The molecule has 0 saturated carbocycles. The number of halogens is 5. The second kappa shape index (κ2) is 8.38. The number of aromatic carboxylic acids is 1. The number of anilines is 2. The van der Waals surface area contributed by atoms with Gasteiger partial charge in [-0.25, -0.2) is 19.2 Å². The minimum Gasteiger partial charge on any atom is -0.476 e. The van der Waals surface area contributed by atoms with Gasteiger partial charge < -0.3 is 15.3 Å². The summed E-state index contributed by atoms with van der Waals surface area (Å²) in [6, 6.07) is 4.90. The summed E-state index contributed by atoms with van der Waals surface area (Å²) in [6.07, 6.45) is -4.18. The molecule has 0 aliphatic carbocycles. The zero-order valence-electron chi connectivity index (χ0n) is 17.8. The van der Waals surface area contributed by atoms with E-state index in [-0.39, 0.29) is 53.1 Å². The number of fused-ring (bicyclic) bond motifs is 1. The molecule has 0 atom stereocenters. The maximum Gasteiger partial charge on any atom is 0.417 e. The standard InChI is InChI=1S/C21H15ClF4N6O3/c1-10-16(31-8-20(23,7-27)9-31)30-17-11(4-12(21(24,25)26)6-32(17)18(10)33)5-28-13-2-3-14(22)29-15(13)19(34)35/h2-4,6,28H,5,8-9H2,1H3,(H,34,35). The molecule has 1 fully saturated rings. The number of hydrogen-bond acceptors (Lipinski definition) is 7. The predicted molar refractivity (Wildman–Crippen MR) is 116 cm³/mol. The van der Waals surface area contributed by atoms with Crippen molar-refractivity contribution in [3.05, 3.63) is 62.3 Å². The number of pyridine rings is 2. The molecule has 3 aromatic heterocycles. The van der Waals surface area contributed by atoms with E-state index in [2.05, 4.69) is 15.3 Å². The van der Waals surface area contributed by atoms with E-state index in [1.165, 1.54) is 30.0 Å². The molecule has 0 unspecified atom stereocenters. The van der Waals surface area contributed by atoms with Crippen LogP contribution in [0.4, 0.5) is 29.1 Å². The Labute approximate surface area is 199 Å². The van der Waals surface area contributed by atoms with Crippen LogP contribution < -0.4 is 15.8 Å². The smallest absolute Gasteiger partial charge is 0.417 e. The third-order valence-electron chi connectivity index (χ3n) is 5.44. The minimum absolute atomic E-state index is 0.0178. The number of carbonyl (C=O) groups is 1. The van der Waals surface area contributed by atoms with Crippen LogP contribution >= 0.6 is 11.6 Å². The van der Waals surface area contributed by atoms with Crippen LogP contribution in [0.2, 0.25) is 5.15 Å². The number of rotatable bonds is 5. The summed E-state index contributed by atoms with van der Waals surface area (Å²) in [5, 5.41) is 20.9. The Morgan fingerprint density at radius 2 is 2.03 bits per heavy atom. The molecule has 3 aromatic rings. The van der Waals surface area contributed by atoms with Crippen molar-refractivity contribution in [3.63, 3.8) is 0 Å². The van der Waals surface area contributed by atoms with E-state index in [9.17, 15) is 32.3 Å². The zero-order valence-corrected chi connectivity index (χ0v) is 18.6. The van der Waals surface area contributed by atoms with Gasteiger partial charge in [0, 0.05) is 18.3 Å². The molecular weight excluding hydrogens is 496 g/mol. The van der Waals surface area contributed by atoms with E-state index >= 15 is 0 Å². The number of alkyl halides is 4. The normalized spacial score (nSPS) is 14.9. The maximum atomic E-state index is 14.1. The van der Waals surface area contributed by atoms with Gasteiger partial charge in [0.1, 0.15) is 22.7 Å². The second-order valence-electron chi connectivity index (χ2n) is 7.93. The van der Waals surface area contributed by atoms with Crippen molar-refractivity contribution >= 4 is 34.7 Å². The van der Waals surface area contributed by atoms with Gasteiger partial charge in [0.05, 0.1) is 29.9 Å². The van der Waals surface area contributed by atoms with E-state index < -0.39 is 34.6 Å². The van der Waals surface area contributed by atoms with Gasteiger partial charge in [0.2, 0.25) is 5.67 Å². The van der Waals surface area contributed by atoms with Crippen LogP contribution in [0.5, 0.6) is 0 Å². The summed E-state index contributed by atoms with van der Waals surface area (Å²) in [6.45, 7) is 0.286. The quantitative estimate of drug-likeness (QED) is 0.395. The summed E-state index contributed by atoms with van der Waals surface area (Å²) in [7, 11) is 0. The molecule has 0 amide bonds. The molecule has 1 aliphatic heterocycles. The number of aromatic nitrogens is 3. The van der Waals surface area contributed by atoms with Crippen LogP contribution in [0, 0.1) is 18.3 Å².